The first-order chi connectivity index (χ1) is 7.70. The molecule has 0 saturated carbocycles. The summed E-state index contributed by atoms with van der Waals surface area (Å²) in [5.74, 6) is 0. The largest absolute Gasteiger partial charge is 0.256 e. The molecule has 2 aromatic rings. The standard InChI is InChI=1S/C13H12ClNS/c1-3-4-12-9(2)5-10(7-15-12)11-6-13(14)16-8-11/h3-8H,1-2H3/b4-3-. The molecule has 2 heterocycles. The first-order valence-electron chi connectivity index (χ1n) is 5.04. The van der Waals surface area contributed by atoms with Gasteiger partial charge in [-0.25, -0.2) is 0 Å². The van der Waals surface area contributed by atoms with Crippen LogP contribution in [0.1, 0.15) is 18.2 Å². The van der Waals surface area contributed by atoms with Gasteiger partial charge in [0.2, 0.25) is 0 Å². The second-order valence-electron chi connectivity index (χ2n) is 3.57. The Morgan fingerprint density at radius 2 is 2.12 bits per heavy atom. The van der Waals surface area contributed by atoms with Crippen LogP contribution in [0.2, 0.25) is 4.34 Å². The van der Waals surface area contributed by atoms with Crippen LogP contribution in [0.4, 0.5) is 0 Å². The van der Waals surface area contributed by atoms with Gasteiger partial charge in [-0.15, -0.1) is 11.3 Å². The van der Waals surface area contributed by atoms with E-state index in [9.17, 15) is 0 Å². The van der Waals surface area contributed by atoms with E-state index in [1.165, 1.54) is 5.56 Å². The smallest absolute Gasteiger partial charge is 0.0934 e. The van der Waals surface area contributed by atoms with Crippen LogP contribution in [-0.4, -0.2) is 4.98 Å². The van der Waals surface area contributed by atoms with E-state index in [0.717, 1.165) is 21.2 Å². The van der Waals surface area contributed by atoms with E-state index < -0.39 is 0 Å². The summed E-state index contributed by atoms with van der Waals surface area (Å²) >= 11 is 7.46. The Hall–Kier alpha value is -1.12. The number of hydrogen-bond acceptors (Lipinski definition) is 2. The summed E-state index contributed by atoms with van der Waals surface area (Å²) in [7, 11) is 0. The summed E-state index contributed by atoms with van der Waals surface area (Å²) in [4.78, 5) is 4.43. The van der Waals surface area contributed by atoms with Crippen LogP contribution in [0.15, 0.2) is 29.8 Å². The molecule has 0 unspecified atom stereocenters. The first kappa shape index (κ1) is 11.4. The van der Waals surface area contributed by atoms with Crippen molar-refractivity contribution < 1.29 is 0 Å². The van der Waals surface area contributed by atoms with Crippen molar-refractivity contribution in [2.45, 2.75) is 13.8 Å². The van der Waals surface area contributed by atoms with E-state index in [1.807, 2.05) is 36.7 Å². The Kier molecular flexibility index (Phi) is 3.42. The van der Waals surface area contributed by atoms with Crippen LogP contribution in [-0.2, 0) is 0 Å². The molecule has 0 aliphatic rings. The van der Waals surface area contributed by atoms with Gasteiger partial charge in [-0.3, -0.25) is 4.98 Å². The Morgan fingerprint density at radius 1 is 1.31 bits per heavy atom. The number of rotatable bonds is 2. The third kappa shape index (κ3) is 2.34. The zero-order valence-corrected chi connectivity index (χ0v) is 10.8. The molecule has 2 rings (SSSR count). The summed E-state index contributed by atoms with van der Waals surface area (Å²) in [6.07, 6.45) is 5.90. The molecule has 3 heteroatoms. The lowest BCUT2D eigenvalue weighted by molar-refractivity contribution is 1.24. The van der Waals surface area contributed by atoms with Crippen LogP contribution in [0, 0.1) is 6.92 Å². The van der Waals surface area contributed by atoms with Crippen molar-refractivity contribution in [2.75, 3.05) is 0 Å². The summed E-state index contributed by atoms with van der Waals surface area (Å²) in [6.45, 7) is 4.06. The predicted octanol–water partition coefficient (Wildman–Crippen LogP) is 4.81. The number of aryl methyl sites for hydroxylation is 1. The first-order valence-corrected chi connectivity index (χ1v) is 6.30. The highest BCUT2D eigenvalue weighted by molar-refractivity contribution is 7.14. The van der Waals surface area contributed by atoms with Crippen molar-refractivity contribution in [2.24, 2.45) is 0 Å². The Morgan fingerprint density at radius 3 is 2.69 bits per heavy atom. The summed E-state index contributed by atoms with van der Waals surface area (Å²) in [5.41, 5.74) is 4.46. The number of thiophene rings is 1. The quantitative estimate of drug-likeness (QED) is 0.745. The van der Waals surface area contributed by atoms with Crippen molar-refractivity contribution in [3.63, 3.8) is 0 Å². The van der Waals surface area contributed by atoms with Gasteiger partial charge in [-0.2, -0.15) is 0 Å². The minimum Gasteiger partial charge on any atom is -0.256 e. The minimum atomic E-state index is 0.810. The highest BCUT2D eigenvalue weighted by Gasteiger charge is 2.03. The number of hydrogen-bond donors (Lipinski definition) is 0. The molecule has 0 aliphatic carbocycles. The monoisotopic (exact) mass is 249 g/mol. The van der Waals surface area contributed by atoms with Gasteiger partial charge in [-0.05, 0) is 43.2 Å². The zero-order chi connectivity index (χ0) is 11.5. The SMILES string of the molecule is C/C=C\c1ncc(-c2csc(Cl)c2)cc1C. The van der Waals surface area contributed by atoms with Gasteiger partial charge in [-0.1, -0.05) is 17.7 Å². The lowest BCUT2D eigenvalue weighted by Gasteiger charge is -2.02. The number of aromatic nitrogens is 1. The van der Waals surface area contributed by atoms with E-state index in [4.69, 9.17) is 11.6 Å². The maximum atomic E-state index is 5.92. The van der Waals surface area contributed by atoms with Gasteiger partial charge in [0.05, 0.1) is 10.0 Å². The third-order valence-corrected chi connectivity index (χ3v) is 3.44. The fourth-order valence-corrected chi connectivity index (χ4v) is 2.43. The van der Waals surface area contributed by atoms with Crippen molar-refractivity contribution in [3.8, 4) is 11.1 Å². The number of halogens is 1. The maximum absolute atomic E-state index is 5.92. The van der Waals surface area contributed by atoms with Gasteiger partial charge < -0.3 is 0 Å². The zero-order valence-electron chi connectivity index (χ0n) is 9.20. The van der Waals surface area contributed by atoms with Crippen LogP contribution >= 0.6 is 22.9 Å². The molecule has 1 nitrogen and oxygen atoms in total. The molecule has 0 saturated heterocycles. The molecule has 0 atom stereocenters. The number of allylic oxidation sites excluding steroid dienone is 1. The van der Waals surface area contributed by atoms with Gasteiger partial charge in [0, 0.05) is 17.1 Å². The van der Waals surface area contributed by atoms with Gasteiger partial charge in [0.1, 0.15) is 0 Å². The normalized spacial score (nSPS) is 11.2. The lowest BCUT2D eigenvalue weighted by atomic mass is 10.1. The van der Waals surface area contributed by atoms with Crippen LogP contribution in [0.3, 0.4) is 0 Å². The summed E-state index contributed by atoms with van der Waals surface area (Å²) in [6, 6.07) is 4.11. The van der Waals surface area contributed by atoms with Crippen molar-refractivity contribution in [3.05, 3.63) is 45.4 Å². The van der Waals surface area contributed by atoms with Gasteiger partial charge in [0.25, 0.3) is 0 Å². The minimum absolute atomic E-state index is 0.810. The molecular weight excluding hydrogens is 238 g/mol. The molecule has 2 aromatic heterocycles. The Labute approximate surface area is 104 Å². The molecule has 0 radical (unpaired) electrons. The van der Waals surface area contributed by atoms with E-state index in [-0.39, 0.29) is 0 Å². The van der Waals surface area contributed by atoms with Crippen molar-refractivity contribution in [1.29, 1.82) is 0 Å². The number of pyridine rings is 1. The fourth-order valence-electron chi connectivity index (χ4n) is 1.54. The van der Waals surface area contributed by atoms with E-state index in [1.54, 1.807) is 11.3 Å². The second kappa shape index (κ2) is 4.81. The van der Waals surface area contributed by atoms with E-state index >= 15 is 0 Å². The number of nitrogens with zero attached hydrogens (tertiary/aromatic N) is 1. The van der Waals surface area contributed by atoms with Gasteiger partial charge >= 0.3 is 0 Å². The average Bonchev–Trinajstić information content (AvgIpc) is 2.68. The molecule has 16 heavy (non-hydrogen) atoms. The fraction of sp³-hybridized carbons (Fsp3) is 0.154. The third-order valence-electron chi connectivity index (χ3n) is 2.34. The van der Waals surface area contributed by atoms with Crippen LogP contribution in [0.25, 0.3) is 17.2 Å². The molecule has 0 N–H and O–H groups in total. The van der Waals surface area contributed by atoms with Crippen molar-refractivity contribution in [1.82, 2.24) is 4.98 Å². The Balaban J connectivity index is 2.41. The molecule has 0 fully saturated rings. The van der Waals surface area contributed by atoms with Crippen molar-refractivity contribution >= 4 is 29.0 Å². The Bertz CT molecular complexity index is 528. The molecular formula is C13H12ClNS. The lowest BCUT2D eigenvalue weighted by Crippen LogP contribution is -1.87. The molecule has 0 spiro atoms. The highest BCUT2D eigenvalue weighted by Crippen LogP contribution is 2.29. The molecule has 0 aromatic carbocycles. The molecule has 0 aliphatic heterocycles. The maximum Gasteiger partial charge on any atom is 0.0934 e. The highest BCUT2D eigenvalue weighted by atomic mass is 35.5. The summed E-state index contributed by atoms with van der Waals surface area (Å²) in [5, 5.41) is 2.05. The van der Waals surface area contributed by atoms with E-state index in [2.05, 4.69) is 18.0 Å². The van der Waals surface area contributed by atoms with Crippen LogP contribution < -0.4 is 0 Å². The average molecular weight is 250 g/mol. The van der Waals surface area contributed by atoms with Crippen LogP contribution in [0.5, 0.6) is 0 Å². The second-order valence-corrected chi connectivity index (χ2v) is 5.11. The predicted molar refractivity (Wildman–Crippen MR) is 72.0 cm³/mol. The molecule has 0 bridgehead atoms. The van der Waals surface area contributed by atoms with E-state index in [0.29, 0.717) is 0 Å². The molecule has 82 valence electrons. The van der Waals surface area contributed by atoms with Gasteiger partial charge in [0.15, 0.2) is 0 Å². The molecule has 0 amide bonds. The topological polar surface area (TPSA) is 12.9 Å². The summed E-state index contributed by atoms with van der Waals surface area (Å²) < 4.78 is 0.810.